The molecule has 0 N–H and O–H groups in total. The number of hydrogen-bond acceptors (Lipinski definition) is 2. The molecular weight excluding hydrogens is 318 g/mol. The van der Waals surface area contributed by atoms with Gasteiger partial charge in [0.15, 0.2) is 0 Å². The van der Waals surface area contributed by atoms with Gasteiger partial charge in [-0.1, -0.05) is 0 Å². The summed E-state index contributed by atoms with van der Waals surface area (Å²) in [4.78, 5) is 10.5. The van der Waals surface area contributed by atoms with Crippen molar-refractivity contribution < 1.29 is 4.92 Å². The Morgan fingerprint density at radius 3 is 2.25 bits per heavy atom. The summed E-state index contributed by atoms with van der Waals surface area (Å²) in [7, 11) is 0. The number of nitro benzene ring substituents is 1. The Labute approximate surface area is 103 Å². The maximum absolute atomic E-state index is 10.8. The summed E-state index contributed by atoms with van der Waals surface area (Å²) in [5.41, 5.74) is 0.244. The molecule has 2 aromatic rings. The van der Waals surface area contributed by atoms with Gasteiger partial charge in [0.25, 0.3) is 0 Å². The van der Waals surface area contributed by atoms with Gasteiger partial charge in [-0.05, 0) is 0 Å². The van der Waals surface area contributed by atoms with E-state index in [1.165, 1.54) is 3.61 Å². The molecule has 0 spiro atoms. The third-order valence-electron chi connectivity index (χ3n) is 2.03. The second-order valence-electron chi connectivity index (χ2n) is 3.14. The van der Waals surface area contributed by atoms with Gasteiger partial charge >= 0.3 is 103 Å². The number of rotatable bonds is 3. The standard InChI is InChI=1S/C12H9NO2Te/c14-13(15)11-8-4-5-9-12(11)16-10-6-2-1-3-7-10/h1-9H. The first kappa shape index (κ1) is 11.1. The monoisotopic (exact) mass is 329 g/mol. The molecule has 0 aliphatic carbocycles. The molecule has 0 aliphatic rings. The van der Waals surface area contributed by atoms with E-state index in [-0.39, 0.29) is 10.6 Å². The summed E-state index contributed by atoms with van der Waals surface area (Å²) in [5, 5.41) is 10.8. The van der Waals surface area contributed by atoms with Gasteiger partial charge in [0.1, 0.15) is 0 Å². The van der Waals surface area contributed by atoms with Crippen molar-refractivity contribution in [3.05, 3.63) is 64.7 Å². The second kappa shape index (κ2) is 5.11. The van der Waals surface area contributed by atoms with Gasteiger partial charge in [0, 0.05) is 0 Å². The second-order valence-corrected chi connectivity index (χ2v) is 6.32. The van der Waals surface area contributed by atoms with Crippen LogP contribution in [0, 0.1) is 10.1 Å². The van der Waals surface area contributed by atoms with Crippen LogP contribution in [0.15, 0.2) is 54.6 Å². The molecule has 16 heavy (non-hydrogen) atoms. The van der Waals surface area contributed by atoms with E-state index in [1.807, 2.05) is 42.5 Å². The summed E-state index contributed by atoms with van der Waals surface area (Å²) < 4.78 is 2.09. The number of nitrogens with zero attached hydrogens (tertiary/aromatic N) is 1. The van der Waals surface area contributed by atoms with Gasteiger partial charge < -0.3 is 0 Å². The SMILES string of the molecule is O=[N+]([O-])c1ccccc1[Te]c1ccccc1. The molecule has 0 aliphatic heterocycles. The molecule has 0 aromatic heterocycles. The first-order valence-electron chi connectivity index (χ1n) is 4.74. The topological polar surface area (TPSA) is 43.1 Å². The summed E-state index contributed by atoms with van der Waals surface area (Å²) in [5.74, 6) is 0. The average Bonchev–Trinajstić information content (AvgIpc) is 2.31. The van der Waals surface area contributed by atoms with E-state index in [2.05, 4.69) is 0 Å². The molecule has 0 atom stereocenters. The van der Waals surface area contributed by atoms with Crippen LogP contribution >= 0.6 is 0 Å². The van der Waals surface area contributed by atoms with Crippen LogP contribution in [0.1, 0.15) is 0 Å². The fraction of sp³-hybridized carbons (Fsp3) is 0. The molecule has 3 nitrogen and oxygen atoms in total. The third-order valence-corrected chi connectivity index (χ3v) is 5.10. The quantitative estimate of drug-likeness (QED) is 0.484. The zero-order valence-corrected chi connectivity index (χ0v) is 10.7. The van der Waals surface area contributed by atoms with Crippen LogP contribution in [0.3, 0.4) is 0 Å². The summed E-state index contributed by atoms with van der Waals surface area (Å²) in [6, 6.07) is 16.9. The van der Waals surface area contributed by atoms with Crippen molar-refractivity contribution in [2.24, 2.45) is 0 Å². The first-order valence-corrected chi connectivity index (χ1v) is 7.07. The van der Waals surface area contributed by atoms with E-state index in [0.717, 1.165) is 3.61 Å². The molecule has 0 amide bonds. The predicted octanol–water partition coefficient (Wildman–Crippen LogP) is 1.25. The van der Waals surface area contributed by atoms with Crippen molar-refractivity contribution in [2.45, 2.75) is 0 Å². The predicted molar refractivity (Wildman–Crippen MR) is 64.6 cm³/mol. The normalized spacial score (nSPS) is 10.0. The molecule has 0 bridgehead atoms. The third kappa shape index (κ3) is 2.60. The van der Waals surface area contributed by atoms with E-state index < -0.39 is 20.9 Å². The Morgan fingerprint density at radius 2 is 1.56 bits per heavy atom. The number of hydrogen-bond donors (Lipinski definition) is 0. The molecule has 2 rings (SSSR count). The first-order chi connectivity index (χ1) is 7.77. The maximum atomic E-state index is 10.8. The Morgan fingerprint density at radius 1 is 0.938 bits per heavy atom. The molecule has 4 heteroatoms. The van der Waals surface area contributed by atoms with Gasteiger partial charge in [-0.25, -0.2) is 0 Å². The number of nitro groups is 1. The summed E-state index contributed by atoms with van der Waals surface area (Å²) >= 11 is -0.662. The van der Waals surface area contributed by atoms with Crippen molar-refractivity contribution >= 4 is 33.8 Å². The van der Waals surface area contributed by atoms with Crippen LogP contribution in [0.5, 0.6) is 0 Å². The average molecular weight is 327 g/mol. The Hall–Kier alpha value is -1.37. The fourth-order valence-corrected chi connectivity index (χ4v) is 4.00. The summed E-state index contributed by atoms with van der Waals surface area (Å²) in [6.45, 7) is 0. The minimum atomic E-state index is -0.662. The molecule has 0 unspecified atom stereocenters. The van der Waals surface area contributed by atoms with E-state index in [1.54, 1.807) is 12.1 Å². The minimum absolute atomic E-state index is 0.244. The number of para-hydroxylation sites is 1. The van der Waals surface area contributed by atoms with Crippen LogP contribution < -0.4 is 7.22 Å². The van der Waals surface area contributed by atoms with E-state index in [9.17, 15) is 10.1 Å². The summed E-state index contributed by atoms with van der Waals surface area (Å²) in [6.07, 6.45) is 0. The Bertz CT molecular complexity index is 499. The van der Waals surface area contributed by atoms with Crippen LogP contribution in [-0.4, -0.2) is 25.8 Å². The van der Waals surface area contributed by atoms with Crippen LogP contribution in [0.2, 0.25) is 0 Å². The zero-order valence-electron chi connectivity index (χ0n) is 8.37. The van der Waals surface area contributed by atoms with Crippen LogP contribution in [-0.2, 0) is 0 Å². The van der Waals surface area contributed by atoms with E-state index in [0.29, 0.717) is 0 Å². The van der Waals surface area contributed by atoms with Crippen molar-refractivity contribution in [2.75, 3.05) is 0 Å². The van der Waals surface area contributed by atoms with Crippen LogP contribution in [0.4, 0.5) is 5.69 Å². The molecule has 0 radical (unpaired) electrons. The van der Waals surface area contributed by atoms with Crippen molar-refractivity contribution in [1.82, 2.24) is 0 Å². The molecule has 0 saturated heterocycles. The van der Waals surface area contributed by atoms with Gasteiger partial charge in [0.05, 0.1) is 0 Å². The molecule has 2 aromatic carbocycles. The van der Waals surface area contributed by atoms with E-state index >= 15 is 0 Å². The van der Waals surface area contributed by atoms with Gasteiger partial charge in [0.2, 0.25) is 0 Å². The number of benzene rings is 2. The van der Waals surface area contributed by atoms with Crippen LogP contribution in [0.25, 0.3) is 0 Å². The zero-order chi connectivity index (χ0) is 11.4. The van der Waals surface area contributed by atoms with Gasteiger partial charge in [-0.2, -0.15) is 0 Å². The molecule has 0 heterocycles. The van der Waals surface area contributed by atoms with E-state index in [4.69, 9.17) is 0 Å². The van der Waals surface area contributed by atoms with Gasteiger partial charge in [-0.3, -0.25) is 0 Å². The van der Waals surface area contributed by atoms with Gasteiger partial charge in [-0.15, -0.1) is 0 Å². The van der Waals surface area contributed by atoms with Crippen molar-refractivity contribution in [3.63, 3.8) is 0 Å². The molecule has 0 fully saturated rings. The molecule has 80 valence electrons. The van der Waals surface area contributed by atoms with Crippen molar-refractivity contribution in [1.29, 1.82) is 0 Å². The molecular formula is C12H9NO2Te. The Kier molecular flexibility index (Phi) is 3.55. The van der Waals surface area contributed by atoms with Crippen molar-refractivity contribution in [3.8, 4) is 0 Å². The molecule has 0 saturated carbocycles. The fourth-order valence-electron chi connectivity index (χ4n) is 1.31. The Balaban J connectivity index is 2.31.